The largest absolute Gasteiger partial charge is 0.252 e. The first-order valence-corrected chi connectivity index (χ1v) is 9.20. The van der Waals surface area contributed by atoms with Crippen LogP contribution >= 0.6 is 38.9 Å². The minimum Gasteiger partial charge on any atom is -0.206 e. The van der Waals surface area contributed by atoms with E-state index in [2.05, 4.69) is 15.9 Å². The molecular formula is C13H13BrClNO2S2. The van der Waals surface area contributed by atoms with Crippen molar-refractivity contribution in [2.24, 2.45) is 0 Å². The van der Waals surface area contributed by atoms with E-state index in [9.17, 15) is 8.42 Å². The molecule has 0 amide bonds. The Labute approximate surface area is 136 Å². The van der Waals surface area contributed by atoms with Crippen LogP contribution in [0.25, 0.3) is 0 Å². The Morgan fingerprint density at radius 1 is 1.30 bits per heavy atom. The zero-order valence-electron chi connectivity index (χ0n) is 10.9. The van der Waals surface area contributed by atoms with Crippen LogP contribution in [0, 0.1) is 6.92 Å². The Morgan fingerprint density at radius 2 is 1.90 bits per heavy atom. The SMILES string of the molecule is Cc1ccc(CN(C)S(=O)(=O)c2cc(Cl)c(Br)s2)cc1. The summed E-state index contributed by atoms with van der Waals surface area (Å²) in [6.45, 7) is 2.32. The van der Waals surface area contributed by atoms with Gasteiger partial charge in [0.05, 0.1) is 8.81 Å². The molecule has 3 nitrogen and oxygen atoms in total. The van der Waals surface area contributed by atoms with Gasteiger partial charge in [-0.3, -0.25) is 0 Å². The van der Waals surface area contributed by atoms with Crippen molar-refractivity contribution in [3.63, 3.8) is 0 Å². The molecule has 1 aromatic heterocycles. The van der Waals surface area contributed by atoms with Crippen LogP contribution in [0.2, 0.25) is 5.02 Å². The van der Waals surface area contributed by atoms with Gasteiger partial charge in [0.25, 0.3) is 10.0 Å². The maximum atomic E-state index is 12.4. The van der Waals surface area contributed by atoms with Gasteiger partial charge in [-0.25, -0.2) is 8.42 Å². The van der Waals surface area contributed by atoms with Crippen molar-refractivity contribution in [3.05, 3.63) is 50.3 Å². The Bertz CT molecular complexity index is 691. The number of halogens is 2. The van der Waals surface area contributed by atoms with Crippen molar-refractivity contribution in [2.45, 2.75) is 17.7 Å². The molecule has 0 N–H and O–H groups in total. The Hall–Kier alpha value is -0.400. The van der Waals surface area contributed by atoms with Crippen LogP contribution < -0.4 is 0 Å². The summed E-state index contributed by atoms with van der Waals surface area (Å²) in [6.07, 6.45) is 0. The van der Waals surface area contributed by atoms with Gasteiger partial charge in [0, 0.05) is 13.6 Å². The van der Waals surface area contributed by atoms with Crippen molar-refractivity contribution in [1.82, 2.24) is 4.31 Å². The third-order valence-electron chi connectivity index (χ3n) is 2.81. The number of rotatable bonds is 4. The lowest BCUT2D eigenvalue weighted by Crippen LogP contribution is -2.25. The number of benzene rings is 1. The van der Waals surface area contributed by atoms with E-state index in [-0.39, 0.29) is 4.21 Å². The van der Waals surface area contributed by atoms with Crippen LogP contribution in [0.5, 0.6) is 0 Å². The normalized spacial score (nSPS) is 12.1. The molecule has 0 saturated heterocycles. The molecule has 1 heterocycles. The minimum absolute atomic E-state index is 0.240. The van der Waals surface area contributed by atoms with Crippen LogP contribution in [0.3, 0.4) is 0 Å². The van der Waals surface area contributed by atoms with Gasteiger partial charge >= 0.3 is 0 Å². The van der Waals surface area contributed by atoms with Gasteiger partial charge in [0.15, 0.2) is 0 Å². The maximum Gasteiger partial charge on any atom is 0.252 e. The molecule has 2 rings (SSSR count). The average Bonchev–Trinajstić information content (AvgIpc) is 2.73. The van der Waals surface area contributed by atoms with Crippen LogP contribution in [0.1, 0.15) is 11.1 Å². The number of hydrogen-bond donors (Lipinski definition) is 0. The summed E-state index contributed by atoms with van der Waals surface area (Å²) in [7, 11) is -1.95. The van der Waals surface area contributed by atoms with E-state index in [1.807, 2.05) is 31.2 Å². The fourth-order valence-electron chi connectivity index (χ4n) is 1.64. The van der Waals surface area contributed by atoms with E-state index in [0.29, 0.717) is 15.4 Å². The number of aryl methyl sites for hydroxylation is 1. The molecule has 0 atom stereocenters. The number of hydrogen-bond acceptors (Lipinski definition) is 3. The molecule has 1 aromatic carbocycles. The number of sulfonamides is 1. The Kier molecular flexibility index (Phi) is 4.92. The van der Waals surface area contributed by atoms with E-state index in [0.717, 1.165) is 22.5 Å². The predicted molar refractivity (Wildman–Crippen MR) is 86.9 cm³/mol. The molecule has 20 heavy (non-hydrogen) atoms. The first-order valence-electron chi connectivity index (χ1n) is 5.77. The van der Waals surface area contributed by atoms with E-state index in [4.69, 9.17) is 11.6 Å². The van der Waals surface area contributed by atoms with Crippen molar-refractivity contribution in [3.8, 4) is 0 Å². The molecule has 0 aliphatic rings. The molecule has 7 heteroatoms. The highest BCUT2D eigenvalue weighted by Crippen LogP contribution is 2.35. The Balaban J connectivity index is 2.23. The lowest BCUT2D eigenvalue weighted by atomic mass is 10.1. The van der Waals surface area contributed by atoms with Gasteiger partial charge in [0.2, 0.25) is 0 Å². The zero-order chi connectivity index (χ0) is 14.9. The summed E-state index contributed by atoms with van der Waals surface area (Å²) in [5.74, 6) is 0. The second-order valence-electron chi connectivity index (χ2n) is 4.43. The smallest absolute Gasteiger partial charge is 0.206 e. The third kappa shape index (κ3) is 3.43. The molecule has 0 radical (unpaired) electrons. The number of nitrogens with zero attached hydrogens (tertiary/aromatic N) is 1. The summed E-state index contributed by atoms with van der Waals surface area (Å²) >= 11 is 10.3. The van der Waals surface area contributed by atoms with Crippen molar-refractivity contribution in [2.75, 3.05) is 7.05 Å². The highest BCUT2D eigenvalue weighted by molar-refractivity contribution is 9.11. The third-order valence-corrected chi connectivity index (χ3v) is 7.54. The van der Waals surface area contributed by atoms with E-state index >= 15 is 0 Å². The van der Waals surface area contributed by atoms with Gasteiger partial charge in [-0.15, -0.1) is 11.3 Å². The summed E-state index contributed by atoms with van der Waals surface area (Å²) in [5, 5.41) is 0.414. The van der Waals surface area contributed by atoms with Gasteiger partial charge in [0.1, 0.15) is 4.21 Å². The highest BCUT2D eigenvalue weighted by Gasteiger charge is 2.24. The van der Waals surface area contributed by atoms with Crippen LogP contribution in [0.4, 0.5) is 0 Å². The van der Waals surface area contributed by atoms with Gasteiger partial charge in [-0.2, -0.15) is 4.31 Å². The standard InChI is InChI=1S/C13H13BrClNO2S2/c1-9-3-5-10(6-4-9)8-16(2)20(17,18)12-7-11(15)13(14)19-12/h3-7H,8H2,1-2H3. The van der Waals surface area contributed by atoms with Crippen molar-refractivity contribution < 1.29 is 8.42 Å². The van der Waals surface area contributed by atoms with Crippen LogP contribution in [-0.4, -0.2) is 19.8 Å². The molecule has 0 fully saturated rings. The zero-order valence-corrected chi connectivity index (χ0v) is 14.9. The second kappa shape index (κ2) is 6.15. The number of thiophene rings is 1. The van der Waals surface area contributed by atoms with Crippen molar-refractivity contribution in [1.29, 1.82) is 0 Å². The van der Waals surface area contributed by atoms with E-state index in [1.54, 1.807) is 7.05 Å². The molecule has 0 bridgehead atoms. The summed E-state index contributed by atoms with van der Waals surface area (Å²) in [5.41, 5.74) is 2.09. The van der Waals surface area contributed by atoms with Crippen molar-refractivity contribution >= 4 is 48.9 Å². The lowest BCUT2D eigenvalue weighted by molar-refractivity contribution is 0.468. The molecular weight excluding hydrogens is 382 g/mol. The molecule has 2 aromatic rings. The molecule has 0 saturated carbocycles. The monoisotopic (exact) mass is 393 g/mol. The molecule has 0 aliphatic heterocycles. The quantitative estimate of drug-likeness (QED) is 0.775. The summed E-state index contributed by atoms with van der Waals surface area (Å²) in [6, 6.07) is 9.26. The first-order chi connectivity index (χ1) is 9.30. The predicted octanol–water partition coefficient (Wildman–Crippen LogP) is 4.29. The van der Waals surface area contributed by atoms with Crippen LogP contribution in [-0.2, 0) is 16.6 Å². The topological polar surface area (TPSA) is 37.4 Å². The summed E-state index contributed by atoms with van der Waals surface area (Å²) in [4.78, 5) is 0. The lowest BCUT2D eigenvalue weighted by Gasteiger charge is -2.16. The molecule has 108 valence electrons. The fraction of sp³-hybridized carbons (Fsp3) is 0.231. The highest BCUT2D eigenvalue weighted by atomic mass is 79.9. The van der Waals surface area contributed by atoms with Gasteiger partial charge in [-0.05, 0) is 34.5 Å². The van der Waals surface area contributed by atoms with Gasteiger partial charge in [-0.1, -0.05) is 41.4 Å². The molecule has 0 unspecified atom stereocenters. The maximum absolute atomic E-state index is 12.4. The first kappa shape index (κ1) is 16.0. The van der Waals surface area contributed by atoms with E-state index < -0.39 is 10.0 Å². The molecule has 0 aliphatic carbocycles. The Morgan fingerprint density at radius 3 is 2.40 bits per heavy atom. The summed E-state index contributed by atoms with van der Waals surface area (Å²) < 4.78 is 27.0. The minimum atomic E-state index is -3.51. The van der Waals surface area contributed by atoms with Crippen LogP contribution in [0.15, 0.2) is 38.3 Å². The fourth-order valence-corrected chi connectivity index (χ4v) is 5.41. The van der Waals surface area contributed by atoms with Gasteiger partial charge < -0.3 is 0 Å². The average molecular weight is 395 g/mol. The second-order valence-corrected chi connectivity index (χ2v) is 9.48. The molecule has 0 spiro atoms. The van der Waals surface area contributed by atoms with E-state index in [1.165, 1.54) is 10.4 Å².